The summed E-state index contributed by atoms with van der Waals surface area (Å²) in [5, 5.41) is 15.6. The molecule has 0 unspecified atom stereocenters. The average molecular weight is 292 g/mol. The smallest absolute Gasteiger partial charge is 0.358 e. The summed E-state index contributed by atoms with van der Waals surface area (Å²) in [5.41, 5.74) is -0.181. The van der Waals surface area contributed by atoms with E-state index >= 15 is 0 Å². The first-order chi connectivity index (χ1) is 8.94. The highest BCUT2D eigenvalue weighted by atomic mass is 32.2. The molecule has 0 aromatic carbocycles. The maximum Gasteiger partial charge on any atom is 0.358 e. The van der Waals surface area contributed by atoms with Gasteiger partial charge in [-0.3, -0.25) is 4.68 Å². The molecule has 0 atom stereocenters. The monoisotopic (exact) mass is 292 g/mol. The lowest BCUT2D eigenvalue weighted by Gasteiger charge is -2.06. The molecule has 0 aliphatic rings. The Balaban J connectivity index is 2.34. The molecule has 1 aromatic heterocycles. The van der Waals surface area contributed by atoms with Crippen molar-refractivity contribution in [3.63, 3.8) is 0 Å². The highest BCUT2D eigenvalue weighted by Gasteiger charge is 2.11. The number of carboxylic acid groups (broad SMARTS) is 1. The Morgan fingerprint density at radius 2 is 2.32 bits per heavy atom. The zero-order chi connectivity index (χ0) is 14.3. The van der Waals surface area contributed by atoms with Crippen molar-refractivity contribution in [1.82, 2.24) is 19.7 Å². The van der Waals surface area contributed by atoms with Crippen LogP contribution in [0.1, 0.15) is 17.4 Å². The van der Waals surface area contributed by atoms with E-state index in [2.05, 4.69) is 15.0 Å². The second kappa shape index (κ2) is 7.16. The SMILES string of the molecule is CCOCCS(=O)(=O)NCCn1cc(C(=O)O)nn1. The first-order valence-electron chi connectivity index (χ1n) is 5.63. The topological polar surface area (TPSA) is 123 Å². The minimum Gasteiger partial charge on any atom is -0.476 e. The van der Waals surface area contributed by atoms with Crippen molar-refractivity contribution >= 4 is 16.0 Å². The number of aromatic carboxylic acids is 1. The number of nitrogens with one attached hydrogen (secondary N) is 1. The lowest BCUT2D eigenvalue weighted by molar-refractivity contribution is 0.0690. The fourth-order valence-corrected chi connectivity index (χ4v) is 2.09. The number of nitrogens with zero attached hydrogens (tertiary/aromatic N) is 3. The third kappa shape index (κ3) is 5.77. The van der Waals surface area contributed by atoms with Crippen molar-refractivity contribution in [1.29, 1.82) is 0 Å². The highest BCUT2D eigenvalue weighted by molar-refractivity contribution is 7.89. The molecule has 0 bridgehead atoms. The number of aromatic nitrogens is 3. The van der Waals surface area contributed by atoms with Crippen LogP contribution in [0.2, 0.25) is 0 Å². The maximum absolute atomic E-state index is 11.5. The summed E-state index contributed by atoms with van der Waals surface area (Å²) in [6.07, 6.45) is 1.23. The normalized spacial score (nSPS) is 11.6. The van der Waals surface area contributed by atoms with Gasteiger partial charge in [0.25, 0.3) is 0 Å². The Kier molecular flexibility index (Phi) is 5.86. The van der Waals surface area contributed by atoms with Crippen LogP contribution in [0.25, 0.3) is 0 Å². The fourth-order valence-electron chi connectivity index (χ4n) is 1.21. The second-order valence-electron chi connectivity index (χ2n) is 3.58. The standard InChI is InChI=1S/C9H16N4O5S/c1-2-18-5-6-19(16,17)10-3-4-13-7-8(9(14)15)11-12-13/h7,10H,2-6H2,1H3,(H,14,15). The third-order valence-corrected chi connectivity index (χ3v) is 3.47. The van der Waals surface area contributed by atoms with Crippen LogP contribution in [0, 0.1) is 0 Å². The van der Waals surface area contributed by atoms with E-state index in [9.17, 15) is 13.2 Å². The first-order valence-corrected chi connectivity index (χ1v) is 7.28. The van der Waals surface area contributed by atoms with Crippen LogP contribution in [0.15, 0.2) is 6.20 Å². The van der Waals surface area contributed by atoms with E-state index in [1.54, 1.807) is 6.92 Å². The summed E-state index contributed by atoms with van der Waals surface area (Å²) in [4.78, 5) is 10.6. The van der Waals surface area contributed by atoms with Crippen molar-refractivity contribution in [2.24, 2.45) is 0 Å². The van der Waals surface area contributed by atoms with Gasteiger partial charge in [0.2, 0.25) is 10.0 Å². The number of sulfonamides is 1. The van der Waals surface area contributed by atoms with Gasteiger partial charge in [-0.1, -0.05) is 5.21 Å². The van der Waals surface area contributed by atoms with E-state index in [0.29, 0.717) is 6.61 Å². The van der Waals surface area contributed by atoms with Crippen LogP contribution < -0.4 is 4.72 Å². The zero-order valence-electron chi connectivity index (χ0n) is 10.4. The average Bonchev–Trinajstić information content (AvgIpc) is 2.78. The highest BCUT2D eigenvalue weighted by Crippen LogP contribution is 1.92. The molecule has 1 rings (SSSR count). The maximum atomic E-state index is 11.5. The molecule has 0 aliphatic carbocycles. The lowest BCUT2D eigenvalue weighted by atomic mass is 10.5. The van der Waals surface area contributed by atoms with E-state index in [4.69, 9.17) is 9.84 Å². The van der Waals surface area contributed by atoms with Crippen LogP contribution in [0.4, 0.5) is 0 Å². The predicted molar refractivity (Wildman–Crippen MR) is 65.3 cm³/mol. The predicted octanol–water partition coefficient (Wildman–Crippen LogP) is -1.07. The van der Waals surface area contributed by atoms with Gasteiger partial charge in [-0.15, -0.1) is 5.10 Å². The van der Waals surface area contributed by atoms with Crippen LogP contribution >= 0.6 is 0 Å². The molecule has 0 fully saturated rings. The van der Waals surface area contributed by atoms with Crippen LogP contribution in [0.3, 0.4) is 0 Å². The van der Waals surface area contributed by atoms with Crippen molar-refractivity contribution in [3.05, 3.63) is 11.9 Å². The van der Waals surface area contributed by atoms with Gasteiger partial charge in [0.15, 0.2) is 5.69 Å². The summed E-state index contributed by atoms with van der Waals surface area (Å²) >= 11 is 0. The van der Waals surface area contributed by atoms with Crippen molar-refractivity contribution < 1.29 is 23.1 Å². The molecule has 0 saturated heterocycles. The number of hydrogen-bond acceptors (Lipinski definition) is 6. The quantitative estimate of drug-likeness (QED) is 0.555. The van der Waals surface area contributed by atoms with Gasteiger partial charge >= 0.3 is 5.97 Å². The summed E-state index contributed by atoms with van der Waals surface area (Å²) in [7, 11) is -3.39. The molecule has 10 heteroatoms. The molecule has 9 nitrogen and oxygen atoms in total. The molecule has 0 saturated carbocycles. The zero-order valence-corrected chi connectivity index (χ0v) is 11.3. The van der Waals surface area contributed by atoms with Crippen molar-refractivity contribution in [3.8, 4) is 0 Å². The third-order valence-electron chi connectivity index (χ3n) is 2.12. The van der Waals surface area contributed by atoms with Gasteiger partial charge in [-0.05, 0) is 6.92 Å². The summed E-state index contributed by atoms with van der Waals surface area (Å²) in [6.45, 7) is 2.70. The van der Waals surface area contributed by atoms with Gasteiger partial charge in [-0.25, -0.2) is 17.9 Å². The van der Waals surface area contributed by atoms with Gasteiger partial charge < -0.3 is 9.84 Å². The van der Waals surface area contributed by atoms with Crippen LogP contribution in [0.5, 0.6) is 0 Å². The summed E-state index contributed by atoms with van der Waals surface area (Å²) in [5.74, 6) is -1.29. The van der Waals surface area contributed by atoms with Gasteiger partial charge in [-0.2, -0.15) is 0 Å². The first kappa shape index (κ1) is 15.5. The minimum absolute atomic E-state index is 0.108. The summed E-state index contributed by atoms with van der Waals surface area (Å²) < 4.78 is 31.5. The molecular weight excluding hydrogens is 276 g/mol. The molecule has 0 spiro atoms. The molecule has 0 aliphatic heterocycles. The number of ether oxygens (including phenoxy) is 1. The van der Waals surface area contributed by atoms with Gasteiger partial charge in [0, 0.05) is 13.2 Å². The van der Waals surface area contributed by atoms with E-state index in [-0.39, 0.29) is 31.1 Å². The Hall–Kier alpha value is -1.52. The van der Waals surface area contributed by atoms with Gasteiger partial charge in [0.05, 0.1) is 25.1 Å². The number of rotatable bonds is 9. The Bertz CT molecular complexity index is 512. The molecule has 0 radical (unpaired) electrons. The Morgan fingerprint density at radius 3 is 2.89 bits per heavy atom. The molecule has 2 N–H and O–H groups in total. The molecule has 108 valence electrons. The van der Waals surface area contributed by atoms with Crippen LogP contribution in [-0.4, -0.2) is 60.0 Å². The van der Waals surface area contributed by atoms with E-state index in [1.807, 2.05) is 0 Å². The van der Waals surface area contributed by atoms with E-state index in [0.717, 1.165) is 0 Å². The summed E-state index contributed by atoms with van der Waals surface area (Å²) in [6, 6.07) is 0. The van der Waals surface area contributed by atoms with E-state index < -0.39 is 16.0 Å². The molecular formula is C9H16N4O5S. The van der Waals surface area contributed by atoms with Crippen molar-refractivity contribution in [2.75, 3.05) is 25.5 Å². The Morgan fingerprint density at radius 1 is 1.58 bits per heavy atom. The van der Waals surface area contributed by atoms with Gasteiger partial charge in [0.1, 0.15) is 0 Å². The van der Waals surface area contributed by atoms with E-state index in [1.165, 1.54) is 10.9 Å². The molecule has 1 heterocycles. The Labute approximate surface area is 110 Å². The number of carboxylic acids is 1. The van der Waals surface area contributed by atoms with Crippen LogP contribution in [-0.2, 0) is 21.3 Å². The van der Waals surface area contributed by atoms with Crippen molar-refractivity contribution in [2.45, 2.75) is 13.5 Å². The minimum atomic E-state index is -3.39. The fraction of sp³-hybridized carbons (Fsp3) is 0.667. The molecule has 0 amide bonds. The second-order valence-corrected chi connectivity index (χ2v) is 5.51. The largest absolute Gasteiger partial charge is 0.476 e. The number of hydrogen-bond donors (Lipinski definition) is 2. The molecule has 1 aromatic rings. The molecule has 19 heavy (non-hydrogen) atoms. The lowest BCUT2D eigenvalue weighted by Crippen LogP contribution is -2.31. The number of carbonyl (C=O) groups is 1.